The van der Waals surface area contributed by atoms with Crippen molar-refractivity contribution < 1.29 is 9.18 Å². The van der Waals surface area contributed by atoms with Gasteiger partial charge < -0.3 is 14.0 Å². The highest BCUT2D eigenvalue weighted by Crippen LogP contribution is 2.35. The average Bonchev–Trinajstić information content (AvgIpc) is 3.58. The molecule has 0 spiro atoms. The van der Waals surface area contributed by atoms with Gasteiger partial charge in [0.05, 0.1) is 22.8 Å². The van der Waals surface area contributed by atoms with Crippen LogP contribution in [-0.2, 0) is 7.05 Å². The minimum absolute atomic E-state index is 0.0409. The molecular formula is C35H32FN5O. The van der Waals surface area contributed by atoms with Crippen molar-refractivity contribution in [3.8, 4) is 11.1 Å². The fourth-order valence-electron chi connectivity index (χ4n) is 6.44. The van der Waals surface area contributed by atoms with Crippen LogP contribution in [0.4, 0.5) is 4.39 Å². The molecule has 6 nitrogen and oxygen atoms in total. The number of pyridine rings is 1. The summed E-state index contributed by atoms with van der Waals surface area (Å²) in [6, 6.07) is 26.8. The van der Waals surface area contributed by atoms with Gasteiger partial charge in [0, 0.05) is 60.5 Å². The number of carbonyl (C=O) groups is 1. The van der Waals surface area contributed by atoms with E-state index in [9.17, 15) is 9.18 Å². The molecule has 1 aliphatic rings. The van der Waals surface area contributed by atoms with Crippen molar-refractivity contribution in [2.75, 3.05) is 13.1 Å². The van der Waals surface area contributed by atoms with Crippen LogP contribution in [0.25, 0.3) is 33.1 Å². The molecule has 7 heteroatoms. The summed E-state index contributed by atoms with van der Waals surface area (Å²) < 4.78 is 18.2. The van der Waals surface area contributed by atoms with E-state index in [1.54, 1.807) is 12.1 Å². The van der Waals surface area contributed by atoms with E-state index in [2.05, 4.69) is 40.7 Å². The lowest BCUT2D eigenvalue weighted by Crippen LogP contribution is -2.38. The van der Waals surface area contributed by atoms with Crippen LogP contribution in [-0.4, -0.2) is 43.0 Å². The summed E-state index contributed by atoms with van der Waals surface area (Å²) in [5, 5.41) is 0.999. The van der Waals surface area contributed by atoms with Gasteiger partial charge in [-0.05, 0) is 73.9 Å². The highest BCUT2D eigenvalue weighted by Gasteiger charge is 2.30. The number of benzene rings is 3. The van der Waals surface area contributed by atoms with Gasteiger partial charge in [-0.3, -0.25) is 9.78 Å². The van der Waals surface area contributed by atoms with Gasteiger partial charge in [0.2, 0.25) is 0 Å². The van der Waals surface area contributed by atoms with Crippen molar-refractivity contribution in [3.63, 3.8) is 0 Å². The average molecular weight is 558 g/mol. The molecule has 0 N–H and O–H groups in total. The molecule has 1 unspecified atom stereocenters. The predicted octanol–water partition coefficient (Wildman–Crippen LogP) is 7.36. The largest absolute Gasteiger partial charge is 0.350 e. The monoisotopic (exact) mass is 557 g/mol. The molecule has 0 aliphatic carbocycles. The van der Waals surface area contributed by atoms with Crippen molar-refractivity contribution in [2.24, 2.45) is 7.05 Å². The van der Waals surface area contributed by atoms with Crippen LogP contribution in [0.2, 0.25) is 0 Å². The molecule has 1 atom stereocenters. The van der Waals surface area contributed by atoms with Gasteiger partial charge in [-0.1, -0.05) is 36.4 Å². The van der Waals surface area contributed by atoms with Crippen molar-refractivity contribution in [1.82, 2.24) is 24.0 Å². The maximum Gasteiger partial charge on any atom is 0.253 e. The summed E-state index contributed by atoms with van der Waals surface area (Å²) in [4.78, 5) is 25.3. The lowest BCUT2D eigenvalue weighted by Gasteiger charge is -2.32. The second-order valence-electron chi connectivity index (χ2n) is 11.2. The van der Waals surface area contributed by atoms with Crippen molar-refractivity contribution in [2.45, 2.75) is 31.7 Å². The molecule has 1 aliphatic heterocycles. The Balaban J connectivity index is 1.13. The Morgan fingerprint density at radius 2 is 1.74 bits per heavy atom. The van der Waals surface area contributed by atoms with Crippen LogP contribution < -0.4 is 0 Å². The molecule has 0 bridgehead atoms. The van der Waals surface area contributed by atoms with E-state index in [-0.39, 0.29) is 23.7 Å². The van der Waals surface area contributed by atoms with E-state index in [0.29, 0.717) is 18.7 Å². The van der Waals surface area contributed by atoms with Gasteiger partial charge in [0.25, 0.3) is 5.91 Å². The van der Waals surface area contributed by atoms with Crippen molar-refractivity contribution in [1.29, 1.82) is 0 Å². The molecule has 1 amide bonds. The SMILES string of the molecule is CC(c1ccccn1)n1c(C2CCN(C(=O)c3ccc4c(-c5cccc(F)c5)cn(C)c4c3)CC2)nc2ccccc21. The van der Waals surface area contributed by atoms with Gasteiger partial charge in [0.15, 0.2) is 0 Å². The Morgan fingerprint density at radius 1 is 0.929 bits per heavy atom. The number of imidazole rings is 1. The molecule has 42 heavy (non-hydrogen) atoms. The van der Waals surface area contributed by atoms with Crippen LogP contribution in [0.5, 0.6) is 0 Å². The lowest BCUT2D eigenvalue weighted by molar-refractivity contribution is 0.0710. The zero-order valence-electron chi connectivity index (χ0n) is 23.7. The minimum Gasteiger partial charge on any atom is -0.350 e. The fraction of sp³-hybridized carbons (Fsp3) is 0.229. The fourth-order valence-corrected chi connectivity index (χ4v) is 6.44. The second kappa shape index (κ2) is 10.6. The van der Waals surface area contributed by atoms with Gasteiger partial charge in [0.1, 0.15) is 11.6 Å². The highest BCUT2D eigenvalue weighted by molar-refractivity contribution is 6.02. The van der Waals surface area contributed by atoms with Gasteiger partial charge >= 0.3 is 0 Å². The number of carbonyl (C=O) groups excluding carboxylic acids is 1. The van der Waals surface area contributed by atoms with Crippen LogP contribution >= 0.6 is 0 Å². The normalized spacial score (nSPS) is 15.0. The van der Waals surface area contributed by atoms with Crippen molar-refractivity contribution in [3.05, 3.63) is 120 Å². The summed E-state index contributed by atoms with van der Waals surface area (Å²) in [6.45, 7) is 3.52. The molecule has 1 fully saturated rings. The number of likely N-dealkylation sites (tertiary alicyclic amines) is 1. The molecule has 0 radical (unpaired) electrons. The first-order valence-electron chi connectivity index (χ1n) is 14.5. The first kappa shape index (κ1) is 26.1. The first-order valence-corrected chi connectivity index (χ1v) is 14.5. The van der Waals surface area contributed by atoms with Crippen LogP contribution in [0.3, 0.4) is 0 Å². The molecule has 210 valence electrons. The standard InChI is InChI=1S/C35H32FN5O/c1-23(30-10-5-6-17-37-30)41-32-12-4-3-11-31(32)38-34(41)24-15-18-40(19-16-24)35(42)26-13-14-28-29(22-39(2)33(28)21-26)25-8-7-9-27(36)20-25/h3-14,17,20-24H,15-16,18-19H2,1-2H3. The Hall–Kier alpha value is -4.78. The quantitative estimate of drug-likeness (QED) is 0.223. The molecule has 1 saturated heterocycles. The minimum atomic E-state index is -0.263. The van der Waals surface area contributed by atoms with Crippen LogP contribution in [0.15, 0.2) is 97.3 Å². The maximum atomic E-state index is 13.9. The number of para-hydroxylation sites is 2. The maximum absolute atomic E-state index is 13.9. The lowest BCUT2D eigenvalue weighted by atomic mass is 9.94. The Bertz CT molecular complexity index is 1920. The molecular weight excluding hydrogens is 525 g/mol. The molecule has 7 rings (SSSR count). The van der Waals surface area contributed by atoms with E-state index in [0.717, 1.165) is 57.4 Å². The van der Waals surface area contributed by atoms with E-state index >= 15 is 0 Å². The molecule has 0 saturated carbocycles. The highest BCUT2D eigenvalue weighted by atomic mass is 19.1. The first-order chi connectivity index (χ1) is 20.5. The summed E-state index contributed by atoms with van der Waals surface area (Å²) in [5.41, 5.74) is 6.50. The number of rotatable bonds is 5. The van der Waals surface area contributed by atoms with E-state index in [1.165, 1.54) is 6.07 Å². The van der Waals surface area contributed by atoms with E-state index in [4.69, 9.17) is 4.98 Å². The van der Waals surface area contributed by atoms with Crippen LogP contribution in [0.1, 0.15) is 53.6 Å². The molecule has 6 aromatic rings. The zero-order chi connectivity index (χ0) is 28.8. The summed E-state index contributed by atoms with van der Waals surface area (Å²) in [7, 11) is 1.96. The smallest absolute Gasteiger partial charge is 0.253 e. The summed E-state index contributed by atoms with van der Waals surface area (Å²) in [6.07, 6.45) is 5.53. The van der Waals surface area contributed by atoms with Crippen LogP contribution in [0, 0.1) is 5.82 Å². The second-order valence-corrected chi connectivity index (χ2v) is 11.2. The van der Waals surface area contributed by atoms with Gasteiger partial charge in [-0.15, -0.1) is 0 Å². The van der Waals surface area contributed by atoms with E-state index < -0.39 is 0 Å². The number of fused-ring (bicyclic) bond motifs is 2. The number of amides is 1. The molecule has 3 aromatic heterocycles. The predicted molar refractivity (Wildman–Crippen MR) is 164 cm³/mol. The third kappa shape index (κ3) is 4.55. The summed E-state index contributed by atoms with van der Waals surface area (Å²) >= 11 is 0. The number of piperidine rings is 1. The van der Waals surface area contributed by atoms with Gasteiger partial charge in [-0.25, -0.2) is 9.37 Å². The third-order valence-electron chi connectivity index (χ3n) is 8.65. The number of aryl methyl sites for hydroxylation is 1. The number of halogens is 1. The number of aromatic nitrogens is 4. The Kier molecular flexibility index (Phi) is 6.57. The molecule has 3 aromatic carbocycles. The number of nitrogens with zero attached hydrogens (tertiary/aromatic N) is 5. The molecule has 4 heterocycles. The zero-order valence-corrected chi connectivity index (χ0v) is 23.7. The summed E-state index contributed by atoms with van der Waals surface area (Å²) in [5.74, 6) is 1.09. The number of hydrogen-bond donors (Lipinski definition) is 0. The van der Waals surface area contributed by atoms with Gasteiger partial charge in [-0.2, -0.15) is 0 Å². The third-order valence-corrected chi connectivity index (χ3v) is 8.65. The topological polar surface area (TPSA) is 56.0 Å². The Labute approximate surface area is 244 Å². The van der Waals surface area contributed by atoms with E-state index in [1.807, 2.05) is 71.4 Å². The Morgan fingerprint density at radius 3 is 2.52 bits per heavy atom. The number of hydrogen-bond acceptors (Lipinski definition) is 3. The van der Waals surface area contributed by atoms with Crippen molar-refractivity contribution >= 4 is 27.8 Å².